The van der Waals surface area contributed by atoms with Crippen molar-refractivity contribution in [2.45, 2.75) is 40.5 Å². The molecule has 0 radical (unpaired) electrons. The maximum atomic E-state index is 12.5. The lowest BCUT2D eigenvalue weighted by molar-refractivity contribution is -0.876. The summed E-state index contributed by atoms with van der Waals surface area (Å²) in [5.41, 5.74) is 1.27. The van der Waals surface area contributed by atoms with Crippen LogP contribution in [0.2, 0.25) is 5.02 Å². The molecule has 1 heterocycles. The van der Waals surface area contributed by atoms with Crippen LogP contribution in [-0.4, -0.2) is 30.9 Å². The van der Waals surface area contributed by atoms with Gasteiger partial charge in [0.15, 0.2) is 5.58 Å². The molecule has 0 bridgehead atoms. The van der Waals surface area contributed by atoms with Crippen LogP contribution in [0.3, 0.4) is 0 Å². The molecule has 0 saturated heterocycles. The Morgan fingerprint density at radius 3 is 2.52 bits per heavy atom. The van der Waals surface area contributed by atoms with Gasteiger partial charge in [0.25, 0.3) is 0 Å². The number of quaternary nitrogens is 1. The van der Waals surface area contributed by atoms with Crippen molar-refractivity contribution in [2.24, 2.45) is 0 Å². The van der Waals surface area contributed by atoms with Gasteiger partial charge in [0, 0.05) is 17.4 Å². The average Bonchev–Trinajstić information content (AvgIpc) is 2.61. The minimum Gasteiger partial charge on any atom is -0.633 e. The summed E-state index contributed by atoms with van der Waals surface area (Å²) < 4.78 is 10.8. The van der Waals surface area contributed by atoms with Crippen molar-refractivity contribution in [3.8, 4) is 5.75 Å². The molecule has 0 spiro atoms. The lowest BCUT2D eigenvalue weighted by atomic mass is 10.0. The Morgan fingerprint density at radius 1 is 1.24 bits per heavy atom. The van der Waals surface area contributed by atoms with Crippen LogP contribution >= 0.6 is 11.6 Å². The van der Waals surface area contributed by atoms with E-state index in [2.05, 4.69) is 0 Å². The minimum absolute atomic E-state index is 0.314. The summed E-state index contributed by atoms with van der Waals surface area (Å²) in [7, 11) is 0. The number of nitrogens with zero attached hydrogens (tertiary/aromatic N) is 1. The van der Waals surface area contributed by atoms with Gasteiger partial charge in [-0.05, 0) is 44.9 Å². The van der Waals surface area contributed by atoms with E-state index in [0.29, 0.717) is 54.6 Å². The van der Waals surface area contributed by atoms with Gasteiger partial charge in [-0.1, -0.05) is 18.5 Å². The zero-order chi connectivity index (χ0) is 18.6. The maximum absolute atomic E-state index is 12.5. The normalized spacial score (nSPS) is 11.9. The van der Waals surface area contributed by atoms with Crippen LogP contribution in [0.25, 0.3) is 11.0 Å². The molecule has 1 aromatic heterocycles. The highest BCUT2D eigenvalue weighted by Crippen LogP contribution is 2.34. The topological polar surface area (TPSA) is 62.5 Å². The van der Waals surface area contributed by atoms with Crippen molar-refractivity contribution >= 4 is 22.6 Å². The second-order valence-electron chi connectivity index (χ2n) is 6.26. The van der Waals surface area contributed by atoms with Gasteiger partial charge in [-0.25, -0.2) is 4.79 Å². The number of benzene rings is 1. The standard InChI is InChI=1S/C19H26ClNO4/c1-5-12-24-16-9-8-14-13(4)15(10-11-21(23,6-2)7-3)19(22)25-18(14)17(16)20/h8-9H,5-7,10-12H2,1-4H3. The second-order valence-corrected chi connectivity index (χ2v) is 6.64. The zero-order valence-corrected chi connectivity index (χ0v) is 16.1. The number of aryl methyl sites for hydroxylation is 1. The summed E-state index contributed by atoms with van der Waals surface area (Å²) in [5, 5.41) is 13.6. The molecule has 6 heteroatoms. The third kappa shape index (κ3) is 4.17. The van der Waals surface area contributed by atoms with E-state index in [1.54, 1.807) is 6.07 Å². The molecule has 2 rings (SSSR count). The first kappa shape index (κ1) is 19.8. The van der Waals surface area contributed by atoms with Crippen LogP contribution in [0.15, 0.2) is 21.3 Å². The average molecular weight is 368 g/mol. The SMILES string of the molecule is CCCOc1ccc2c(C)c(CC[N+]([O-])(CC)CC)c(=O)oc2c1Cl. The summed E-state index contributed by atoms with van der Waals surface area (Å²) in [6.45, 7) is 9.48. The van der Waals surface area contributed by atoms with E-state index in [9.17, 15) is 10.0 Å². The monoisotopic (exact) mass is 367 g/mol. The maximum Gasteiger partial charge on any atom is 0.339 e. The molecule has 1 aromatic carbocycles. The summed E-state index contributed by atoms with van der Waals surface area (Å²) in [6, 6.07) is 3.65. The number of likely N-dealkylation sites (N-methyl/N-ethyl adjacent to an activating group) is 1. The van der Waals surface area contributed by atoms with Crippen molar-refractivity contribution in [1.29, 1.82) is 0 Å². The highest BCUT2D eigenvalue weighted by Gasteiger charge is 2.19. The van der Waals surface area contributed by atoms with E-state index in [1.165, 1.54) is 0 Å². The number of hydrogen-bond donors (Lipinski definition) is 0. The molecule has 0 aliphatic carbocycles. The number of hydroxylamine groups is 3. The largest absolute Gasteiger partial charge is 0.633 e. The fourth-order valence-corrected chi connectivity index (χ4v) is 3.13. The van der Waals surface area contributed by atoms with Crippen molar-refractivity contribution < 1.29 is 13.8 Å². The first-order valence-electron chi connectivity index (χ1n) is 8.81. The van der Waals surface area contributed by atoms with Gasteiger partial charge in [-0.3, -0.25) is 0 Å². The van der Waals surface area contributed by atoms with E-state index in [4.69, 9.17) is 20.8 Å². The highest BCUT2D eigenvalue weighted by atomic mass is 35.5. The molecular formula is C19H26ClNO4. The number of hydrogen-bond acceptors (Lipinski definition) is 4. The highest BCUT2D eigenvalue weighted by molar-refractivity contribution is 6.36. The smallest absolute Gasteiger partial charge is 0.339 e. The predicted molar refractivity (Wildman–Crippen MR) is 101 cm³/mol. The van der Waals surface area contributed by atoms with Crippen LogP contribution in [0.5, 0.6) is 5.75 Å². The van der Waals surface area contributed by atoms with E-state index in [1.807, 2.05) is 33.8 Å². The summed E-state index contributed by atoms with van der Waals surface area (Å²) in [6.07, 6.45) is 1.25. The third-order valence-electron chi connectivity index (χ3n) is 4.74. The van der Waals surface area contributed by atoms with Crippen LogP contribution in [0, 0.1) is 12.1 Å². The lowest BCUT2D eigenvalue weighted by Gasteiger charge is -2.41. The van der Waals surface area contributed by atoms with Gasteiger partial charge in [-0.15, -0.1) is 0 Å². The first-order valence-corrected chi connectivity index (χ1v) is 9.19. The van der Waals surface area contributed by atoms with Gasteiger partial charge in [-0.2, -0.15) is 0 Å². The van der Waals surface area contributed by atoms with E-state index >= 15 is 0 Å². The van der Waals surface area contributed by atoms with Crippen molar-refractivity contribution in [2.75, 3.05) is 26.2 Å². The zero-order valence-electron chi connectivity index (χ0n) is 15.4. The van der Waals surface area contributed by atoms with E-state index < -0.39 is 5.63 Å². The molecular weight excluding hydrogens is 342 g/mol. The number of halogens is 1. The molecule has 0 fully saturated rings. The lowest BCUT2D eigenvalue weighted by Crippen LogP contribution is -2.43. The molecule has 5 nitrogen and oxygen atoms in total. The predicted octanol–water partition coefficient (Wildman–Crippen LogP) is 4.44. The van der Waals surface area contributed by atoms with Crippen LogP contribution in [-0.2, 0) is 6.42 Å². The Labute approximate surface area is 153 Å². The third-order valence-corrected chi connectivity index (χ3v) is 5.10. The summed E-state index contributed by atoms with van der Waals surface area (Å²) in [5.74, 6) is 0.513. The van der Waals surface area contributed by atoms with E-state index in [0.717, 1.165) is 17.4 Å². The van der Waals surface area contributed by atoms with Crippen molar-refractivity contribution in [3.05, 3.63) is 43.9 Å². The fraction of sp³-hybridized carbons (Fsp3) is 0.526. The molecule has 2 aromatic rings. The number of rotatable bonds is 8. The number of ether oxygens (including phenoxy) is 1. The molecule has 0 unspecified atom stereocenters. The van der Waals surface area contributed by atoms with Crippen LogP contribution < -0.4 is 10.4 Å². The van der Waals surface area contributed by atoms with Crippen LogP contribution in [0.4, 0.5) is 0 Å². The summed E-state index contributed by atoms with van der Waals surface area (Å²) >= 11 is 6.36. The Hall–Kier alpha value is -1.56. The van der Waals surface area contributed by atoms with Gasteiger partial charge in [0.1, 0.15) is 10.8 Å². The Morgan fingerprint density at radius 2 is 1.92 bits per heavy atom. The Bertz CT molecular complexity index is 796. The molecule has 0 N–H and O–H groups in total. The van der Waals surface area contributed by atoms with Gasteiger partial charge in [0.05, 0.1) is 26.2 Å². The molecule has 0 aliphatic rings. The fourth-order valence-electron chi connectivity index (χ4n) is 2.87. The van der Waals surface area contributed by atoms with Crippen molar-refractivity contribution in [3.63, 3.8) is 0 Å². The molecule has 138 valence electrons. The minimum atomic E-state index is -0.432. The molecule has 0 aliphatic heterocycles. The molecule has 25 heavy (non-hydrogen) atoms. The van der Waals surface area contributed by atoms with E-state index in [-0.39, 0.29) is 4.65 Å². The molecule has 0 saturated carbocycles. The quantitative estimate of drug-likeness (QED) is 0.393. The second kappa shape index (κ2) is 8.21. The van der Waals surface area contributed by atoms with Crippen molar-refractivity contribution in [1.82, 2.24) is 0 Å². The van der Waals surface area contributed by atoms with Gasteiger partial charge in [0.2, 0.25) is 0 Å². The van der Waals surface area contributed by atoms with Gasteiger partial charge < -0.3 is 19.0 Å². The number of fused-ring (bicyclic) bond motifs is 1. The summed E-state index contributed by atoms with van der Waals surface area (Å²) in [4.78, 5) is 12.5. The van der Waals surface area contributed by atoms with Gasteiger partial charge >= 0.3 is 5.63 Å². The molecule has 0 amide bonds. The Kier molecular flexibility index (Phi) is 6.49. The molecule has 0 atom stereocenters. The Balaban J connectivity index is 2.43. The first-order chi connectivity index (χ1) is 11.9. The van der Waals surface area contributed by atoms with Crippen LogP contribution in [0.1, 0.15) is 38.3 Å².